The molecular weight excluding hydrogens is 362 g/mol. The van der Waals surface area contributed by atoms with E-state index in [2.05, 4.69) is 29.7 Å². The van der Waals surface area contributed by atoms with Crippen molar-refractivity contribution in [2.24, 2.45) is 11.8 Å². The molecule has 2 fully saturated rings. The molecule has 0 aromatic heterocycles. The van der Waals surface area contributed by atoms with Gasteiger partial charge in [-0.2, -0.15) is 0 Å². The largest absolute Gasteiger partial charge is 0.352 e. The highest BCUT2D eigenvalue weighted by atomic mass is 35.5. The van der Waals surface area contributed by atoms with E-state index in [9.17, 15) is 9.59 Å². The summed E-state index contributed by atoms with van der Waals surface area (Å²) in [4.78, 5) is 26.0. The summed E-state index contributed by atoms with van der Waals surface area (Å²) >= 11 is 0. The fourth-order valence-electron chi connectivity index (χ4n) is 4.03. The van der Waals surface area contributed by atoms with Gasteiger partial charge in [0.1, 0.15) is 0 Å². The molecule has 0 bridgehead atoms. The van der Waals surface area contributed by atoms with E-state index in [-0.39, 0.29) is 24.2 Å². The van der Waals surface area contributed by atoms with Crippen molar-refractivity contribution in [3.63, 3.8) is 0 Å². The first-order valence-corrected chi connectivity index (χ1v) is 9.95. The van der Waals surface area contributed by atoms with Crippen LogP contribution in [0.25, 0.3) is 0 Å². The molecule has 5 nitrogen and oxygen atoms in total. The number of benzene rings is 1. The average molecular weight is 394 g/mol. The van der Waals surface area contributed by atoms with Gasteiger partial charge in [0.2, 0.25) is 11.8 Å². The fourth-order valence-corrected chi connectivity index (χ4v) is 4.03. The maximum atomic E-state index is 12.3. The van der Waals surface area contributed by atoms with Crippen LogP contribution in [0.4, 0.5) is 0 Å². The monoisotopic (exact) mass is 393 g/mol. The SMILES string of the molecule is CC(CC(=O)NCc1cccc(CN2CCCC2=O)c1)C1CCCNC1.Cl. The summed E-state index contributed by atoms with van der Waals surface area (Å²) in [6.45, 7) is 6.40. The normalized spacial score (nSPS) is 20.9. The van der Waals surface area contributed by atoms with Crippen LogP contribution in [-0.2, 0) is 22.7 Å². The number of rotatable bonds is 7. The molecule has 2 unspecified atom stereocenters. The molecule has 2 saturated heterocycles. The van der Waals surface area contributed by atoms with Gasteiger partial charge in [0.15, 0.2) is 0 Å². The number of hydrogen-bond donors (Lipinski definition) is 2. The van der Waals surface area contributed by atoms with Gasteiger partial charge in [0, 0.05) is 32.5 Å². The van der Waals surface area contributed by atoms with E-state index in [0.717, 1.165) is 37.2 Å². The van der Waals surface area contributed by atoms with Gasteiger partial charge in [-0.05, 0) is 55.3 Å². The molecule has 0 saturated carbocycles. The Bertz CT molecular complexity index is 632. The van der Waals surface area contributed by atoms with Crippen LogP contribution in [0.5, 0.6) is 0 Å². The van der Waals surface area contributed by atoms with Crippen LogP contribution in [0.1, 0.15) is 50.2 Å². The van der Waals surface area contributed by atoms with Crippen molar-refractivity contribution in [2.45, 2.75) is 52.1 Å². The summed E-state index contributed by atoms with van der Waals surface area (Å²) in [5.74, 6) is 1.39. The van der Waals surface area contributed by atoms with Crippen molar-refractivity contribution >= 4 is 24.2 Å². The summed E-state index contributed by atoms with van der Waals surface area (Å²) in [7, 11) is 0. The molecule has 2 N–H and O–H groups in total. The minimum Gasteiger partial charge on any atom is -0.352 e. The highest BCUT2D eigenvalue weighted by molar-refractivity contribution is 5.85. The second kappa shape index (κ2) is 10.7. The number of piperidine rings is 1. The van der Waals surface area contributed by atoms with Crippen LogP contribution in [-0.4, -0.2) is 36.3 Å². The minimum absolute atomic E-state index is 0. The Kier molecular flexibility index (Phi) is 8.58. The van der Waals surface area contributed by atoms with Gasteiger partial charge in [-0.3, -0.25) is 9.59 Å². The lowest BCUT2D eigenvalue weighted by molar-refractivity contribution is -0.128. The molecule has 150 valence electrons. The number of hydrogen-bond acceptors (Lipinski definition) is 3. The first-order valence-electron chi connectivity index (χ1n) is 9.95. The molecule has 2 atom stereocenters. The number of carbonyl (C=O) groups is 2. The van der Waals surface area contributed by atoms with Gasteiger partial charge in [-0.1, -0.05) is 31.2 Å². The summed E-state index contributed by atoms with van der Waals surface area (Å²) in [6, 6.07) is 8.19. The number of amides is 2. The second-order valence-corrected chi connectivity index (χ2v) is 7.80. The third-order valence-corrected chi connectivity index (χ3v) is 5.67. The van der Waals surface area contributed by atoms with E-state index < -0.39 is 0 Å². The van der Waals surface area contributed by atoms with Gasteiger partial charge in [0.05, 0.1) is 0 Å². The van der Waals surface area contributed by atoms with E-state index in [1.165, 1.54) is 12.8 Å². The predicted molar refractivity (Wildman–Crippen MR) is 110 cm³/mol. The van der Waals surface area contributed by atoms with E-state index in [4.69, 9.17) is 0 Å². The zero-order valence-corrected chi connectivity index (χ0v) is 17.0. The Labute approximate surface area is 168 Å². The minimum atomic E-state index is 0. The topological polar surface area (TPSA) is 61.4 Å². The van der Waals surface area contributed by atoms with Crippen LogP contribution in [0.15, 0.2) is 24.3 Å². The molecule has 2 aliphatic heterocycles. The average Bonchev–Trinajstić information content (AvgIpc) is 3.06. The zero-order chi connectivity index (χ0) is 18.4. The number of nitrogens with one attached hydrogen (secondary N) is 2. The maximum absolute atomic E-state index is 12.3. The first-order chi connectivity index (χ1) is 12.6. The summed E-state index contributed by atoms with van der Waals surface area (Å²) in [5.41, 5.74) is 2.23. The number of halogens is 1. The number of nitrogens with zero attached hydrogens (tertiary/aromatic N) is 1. The Morgan fingerprint density at radius 1 is 1.33 bits per heavy atom. The lowest BCUT2D eigenvalue weighted by atomic mass is 9.85. The van der Waals surface area contributed by atoms with E-state index in [0.29, 0.717) is 37.8 Å². The van der Waals surface area contributed by atoms with Crippen LogP contribution in [0.2, 0.25) is 0 Å². The molecule has 2 aliphatic rings. The van der Waals surface area contributed by atoms with Crippen molar-refractivity contribution in [3.8, 4) is 0 Å². The molecule has 6 heteroatoms. The highest BCUT2D eigenvalue weighted by Crippen LogP contribution is 2.22. The smallest absolute Gasteiger partial charge is 0.222 e. The van der Waals surface area contributed by atoms with Crippen molar-refractivity contribution in [1.82, 2.24) is 15.5 Å². The van der Waals surface area contributed by atoms with Gasteiger partial charge in [-0.15, -0.1) is 12.4 Å². The Balaban J connectivity index is 0.00000261. The van der Waals surface area contributed by atoms with Crippen molar-refractivity contribution in [3.05, 3.63) is 35.4 Å². The predicted octanol–water partition coefficient (Wildman–Crippen LogP) is 2.87. The molecule has 2 amide bonds. The summed E-state index contributed by atoms with van der Waals surface area (Å²) in [6.07, 6.45) is 4.66. The molecule has 0 spiro atoms. The Morgan fingerprint density at radius 3 is 2.85 bits per heavy atom. The van der Waals surface area contributed by atoms with Crippen LogP contribution in [0, 0.1) is 11.8 Å². The van der Waals surface area contributed by atoms with Gasteiger partial charge in [0.25, 0.3) is 0 Å². The zero-order valence-electron chi connectivity index (χ0n) is 16.2. The van der Waals surface area contributed by atoms with Crippen LogP contribution in [0.3, 0.4) is 0 Å². The molecule has 1 aromatic carbocycles. The van der Waals surface area contributed by atoms with Gasteiger partial charge in [-0.25, -0.2) is 0 Å². The lowest BCUT2D eigenvalue weighted by Gasteiger charge is -2.28. The van der Waals surface area contributed by atoms with Gasteiger partial charge < -0.3 is 15.5 Å². The van der Waals surface area contributed by atoms with Crippen LogP contribution >= 0.6 is 12.4 Å². The van der Waals surface area contributed by atoms with Gasteiger partial charge >= 0.3 is 0 Å². The molecule has 3 rings (SSSR count). The van der Waals surface area contributed by atoms with E-state index >= 15 is 0 Å². The molecule has 0 aliphatic carbocycles. The fraction of sp³-hybridized carbons (Fsp3) is 0.619. The highest BCUT2D eigenvalue weighted by Gasteiger charge is 2.22. The van der Waals surface area contributed by atoms with E-state index in [1.807, 2.05) is 17.0 Å². The quantitative estimate of drug-likeness (QED) is 0.748. The lowest BCUT2D eigenvalue weighted by Crippen LogP contribution is -2.35. The summed E-state index contributed by atoms with van der Waals surface area (Å²) in [5, 5.41) is 6.48. The second-order valence-electron chi connectivity index (χ2n) is 7.80. The third kappa shape index (κ3) is 6.51. The van der Waals surface area contributed by atoms with E-state index in [1.54, 1.807) is 0 Å². The Hall–Kier alpha value is -1.59. The molecule has 1 aromatic rings. The Morgan fingerprint density at radius 2 is 2.15 bits per heavy atom. The van der Waals surface area contributed by atoms with Crippen LogP contribution < -0.4 is 10.6 Å². The molecule has 27 heavy (non-hydrogen) atoms. The summed E-state index contributed by atoms with van der Waals surface area (Å²) < 4.78 is 0. The first kappa shape index (κ1) is 21.7. The van der Waals surface area contributed by atoms with Crippen molar-refractivity contribution in [1.29, 1.82) is 0 Å². The number of carbonyl (C=O) groups excluding carboxylic acids is 2. The molecular formula is C21H32ClN3O2. The maximum Gasteiger partial charge on any atom is 0.222 e. The van der Waals surface area contributed by atoms with Crippen molar-refractivity contribution in [2.75, 3.05) is 19.6 Å². The van der Waals surface area contributed by atoms with Crippen molar-refractivity contribution < 1.29 is 9.59 Å². The standard InChI is InChI=1S/C21H31N3O2.ClH/c1-16(19-7-3-9-22-14-19)11-20(25)23-13-17-5-2-6-18(12-17)15-24-10-4-8-21(24)26;/h2,5-6,12,16,19,22H,3-4,7-11,13-15H2,1H3,(H,23,25);1H. The molecule has 0 radical (unpaired) electrons. The molecule has 2 heterocycles. The third-order valence-electron chi connectivity index (χ3n) is 5.67. The number of likely N-dealkylation sites (tertiary alicyclic amines) is 1.